The molecule has 2 aliphatic rings. The van der Waals surface area contributed by atoms with Crippen LogP contribution in [0.3, 0.4) is 0 Å². The van der Waals surface area contributed by atoms with Crippen LogP contribution in [0.1, 0.15) is 37.4 Å². The van der Waals surface area contributed by atoms with Gasteiger partial charge in [-0.1, -0.05) is 17.7 Å². The molecule has 3 nitrogen and oxygen atoms in total. The normalized spacial score (nSPS) is 26.7. The summed E-state index contributed by atoms with van der Waals surface area (Å²) in [5.41, 5.74) is 0.124. The van der Waals surface area contributed by atoms with Crippen LogP contribution < -0.4 is 0 Å². The minimum atomic E-state index is -0.814. The molecule has 2 heterocycles. The fourth-order valence-corrected chi connectivity index (χ4v) is 3.58. The average Bonchev–Trinajstić information content (AvgIpc) is 2.47. The SMILES string of the molecule is OC(c1ccc(Cl)cc1F)C1CCOC2(CCOCC2)C1. The molecule has 3 rings (SSSR count). The number of halogens is 2. The van der Waals surface area contributed by atoms with Crippen molar-refractivity contribution in [2.75, 3.05) is 19.8 Å². The van der Waals surface area contributed by atoms with Gasteiger partial charge in [0.1, 0.15) is 5.82 Å². The Morgan fingerprint density at radius 3 is 2.76 bits per heavy atom. The van der Waals surface area contributed by atoms with Gasteiger partial charge < -0.3 is 14.6 Å². The second-order valence-electron chi connectivity index (χ2n) is 6.01. The third kappa shape index (κ3) is 3.24. The van der Waals surface area contributed by atoms with Crippen molar-refractivity contribution in [2.24, 2.45) is 5.92 Å². The van der Waals surface area contributed by atoms with Crippen molar-refractivity contribution >= 4 is 11.6 Å². The minimum absolute atomic E-state index is 0.00697. The molecular weight excluding hydrogens is 295 g/mol. The summed E-state index contributed by atoms with van der Waals surface area (Å²) >= 11 is 5.77. The highest BCUT2D eigenvalue weighted by Crippen LogP contribution is 2.42. The summed E-state index contributed by atoms with van der Waals surface area (Å²) in [5.74, 6) is -0.435. The molecule has 2 aliphatic heterocycles. The Morgan fingerprint density at radius 2 is 2.05 bits per heavy atom. The third-order valence-corrected chi connectivity index (χ3v) is 4.90. The number of benzene rings is 1. The first kappa shape index (κ1) is 15.2. The molecule has 116 valence electrons. The maximum Gasteiger partial charge on any atom is 0.130 e. The van der Waals surface area contributed by atoms with E-state index in [1.54, 1.807) is 12.1 Å². The molecule has 0 aliphatic carbocycles. The van der Waals surface area contributed by atoms with Crippen LogP contribution in [0, 0.1) is 11.7 Å². The van der Waals surface area contributed by atoms with E-state index in [4.69, 9.17) is 21.1 Å². The van der Waals surface area contributed by atoms with Crippen LogP contribution in [-0.4, -0.2) is 30.5 Å². The monoisotopic (exact) mass is 314 g/mol. The molecule has 2 fully saturated rings. The number of ether oxygens (including phenoxy) is 2. The zero-order valence-corrected chi connectivity index (χ0v) is 12.6. The van der Waals surface area contributed by atoms with Crippen LogP contribution in [0.5, 0.6) is 0 Å². The lowest BCUT2D eigenvalue weighted by atomic mass is 9.77. The van der Waals surface area contributed by atoms with Crippen molar-refractivity contribution in [1.29, 1.82) is 0 Å². The molecule has 0 aromatic heterocycles. The molecule has 5 heteroatoms. The molecule has 2 saturated heterocycles. The molecule has 21 heavy (non-hydrogen) atoms. The largest absolute Gasteiger partial charge is 0.388 e. The Hall–Kier alpha value is -0.680. The van der Waals surface area contributed by atoms with Gasteiger partial charge in [-0.3, -0.25) is 0 Å². The predicted octanol–water partition coefficient (Wildman–Crippen LogP) is 3.49. The Bertz CT molecular complexity index is 497. The first-order chi connectivity index (χ1) is 10.1. The van der Waals surface area contributed by atoms with E-state index in [1.807, 2.05) is 0 Å². The lowest BCUT2D eigenvalue weighted by Crippen LogP contribution is -2.45. The fourth-order valence-electron chi connectivity index (χ4n) is 3.42. The van der Waals surface area contributed by atoms with Crippen molar-refractivity contribution in [1.82, 2.24) is 0 Å². The van der Waals surface area contributed by atoms with Gasteiger partial charge in [0.15, 0.2) is 0 Å². The first-order valence-electron chi connectivity index (χ1n) is 7.44. The van der Waals surface area contributed by atoms with E-state index in [9.17, 15) is 9.50 Å². The standard InChI is InChI=1S/C16H20ClFO3/c17-12-1-2-13(14(18)9-12)15(19)11-3-6-21-16(10-11)4-7-20-8-5-16/h1-2,9,11,15,19H,3-8,10H2. The Morgan fingerprint density at radius 1 is 1.29 bits per heavy atom. The zero-order valence-electron chi connectivity index (χ0n) is 11.9. The van der Waals surface area contributed by atoms with E-state index in [0.29, 0.717) is 30.4 Å². The Balaban J connectivity index is 1.76. The summed E-state index contributed by atoms with van der Waals surface area (Å²) in [6.07, 6.45) is 2.37. The molecule has 1 aromatic carbocycles. The number of aliphatic hydroxyl groups is 1. The molecule has 1 aromatic rings. The molecule has 1 spiro atoms. The van der Waals surface area contributed by atoms with E-state index in [1.165, 1.54) is 6.07 Å². The number of hydrogen-bond donors (Lipinski definition) is 1. The van der Waals surface area contributed by atoms with Crippen LogP contribution in [0.2, 0.25) is 5.02 Å². The molecule has 0 radical (unpaired) electrons. The second kappa shape index (κ2) is 6.21. The maximum atomic E-state index is 14.0. The van der Waals surface area contributed by atoms with Crippen molar-refractivity contribution in [3.8, 4) is 0 Å². The first-order valence-corrected chi connectivity index (χ1v) is 7.82. The summed E-state index contributed by atoms with van der Waals surface area (Å²) in [5, 5.41) is 10.9. The van der Waals surface area contributed by atoms with Crippen LogP contribution in [-0.2, 0) is 9.47 Å². The van der Waals surface area contributed by atoms with E-state index in [0.717, 1.165) is 25.7 Å². The van der Waals surface area contributed by atoms with Crippen LogP contribution >= 0.6 is 11.6 Å². The molecule has 1 N–H and O–H groups in total. The van der Waals surface area contributed by atoms with E-state index < -0.39 is 11.9 Å². The van der Waals surface area contributed by atoms with Crippen molar-refractivity contribution in [2.45, 2.75) is 37.4 Å². The summed E-state index contributed by atoms with van der Waals surface area (Å²) in [4.78, 5) is 0. The zero-order chi connectivity index (χ0) is 14.9. The minimum Gasteiger partial charge on any atom is -0.388 e. The average molecular weight is 315 g/mol. The van der Waals surface area contributed by atoms with E-state index >= 15 is 0 Å². The highest BCUT2D eigenvalue weighted by Gasteiger charge is 2.41. The van der Waals surface area contributed by atoms with Gasteiger partial charge in [-0.2, -0.15) is 0 Å². The lowest BCUT2D eigenvalue weighted by molar-refractivity contribution is -0.159. The van der Waals surface area contributed by atoms with Crippen LogP contribution in [0.15, 0.2) is 18.2 Å². The van der Waals surface area contributed by atoms with Crippen LogP contribution in [0.4, 0.5) is 4.39 Å². The van der Waals surface area contributed by atoms with Gasteiger partial charge >= 0.3 is 0 Å². The third-order valence-electron chi connectivity index (χ3n) is 4.66. The molecule has 0 bridgehead atoms. The van der Waals surface area contributed by atoms with Crippen molar-refractivity contribution in [3.63, 3.8) is 0 Å². The van der Waals surface area contributed by atoms with Crippen molar-refractivity contribution in [3.05, 3.63) is 34.6 Å². The van der Waals surface area contributed by atoms with Crippen LogP contribution in [0.25, 0.3) is 0 Å². The van der Waals surface area contributed by atoms with Gasteiger partial charge in [0.05, 0.1) is 11.7 Å². The van der Waals surface area contributed by atoms with Gasteiger partial charge in [0.2, 0.25) is 0 Å². The van der Waals surface area contributed by atoms with Gasteiger partial charge in [-0.25, -0.2) is 4.39 Å². The van der Waals surface area contributed by atoms with Crippen molar-refractivity contribution < 1.29 is 19.0 Å². The lowest BCUT2D eigenvalue weighted by Gasteiger charge is -2.44. The molecular formula is C16H20ClFO3. The van der Waals surface area contributed by atoms with Gasteiger partial charge in [-0.05, 0) is 43.7 Å². The topological polar surface area (TPSA) is 38.7 Å². The maximum absolute atomic E-state index is 14.0. The number of rotatable bonds is 2. The summed E-state index contributed by atoms with van der Waals surface area (Å²) in [6.45, 7) is 1.99. The summed E-state index contributed by atoms with van der Waals surface area (Å²) < 4.78 is 25.4. The molecule has 2 atom stereocenters. The Labute approximate surface area is 129 Å². The molecule has 0 saturated carbocycles. The number of aliphatic hydroxyl groups excluding tert-OH is 1. The van der Waals surface area contributed by atoms with E-state index in [-0.39, 0.29) is 11.5 Å². The smallest absolute Gasteiger partial charge is 0.130 e. The number of hydrogen-bond acceptors (Lipinski definition) is 3. The highest BCUT2D eigenvalue weighted by atomic mass is 35.5. The molecule has 0 amide bonds. The fraction of sp³-hybridized carbons (Fsp3) is 0.625. The van der Waals surface area contributed by atoms with Gasteiger partial charge in [0, 0.05) is 30.4 Å². The second-order valence-corrected chi connectivity index (χ2v) is 6.44. The molecule has 2 unspecified atom stereocenters. The Kier molecular flexibility index (Phi) is 4.50. The van der Waals surface area contributed by atoms with Gasteiger partial charge in [-0.15, -0.1) is 0 Å². The highest BCUT2D eigenvalue weighted by molar-refractivity contribution is 6.30. The van der Waals surface area contributed by atoms with Gasteiger partial charge in [0.25, 0.3) is 0 Å². The predicted molar refractivity (Wildman–Crippen MR) is 77.8 cm³/mol. The van der Waals surface area contributed by atoms with E-state index in [2.05, 4.69) is 0 Å². The summed E-state index contributed by atoms with van der Waals surface area (Å²) in [6, 6.07) is 4.45. The summed E-state index contributed by atoms with van der Waals surface area (Å²) in [7, 11) is 0. The quantitative estimate of drug-likeness (QED) is 0.908.